The highest BCUT2D eigenvalue weighted by Crippen LogP contribution is 2.21. The molecule has 130 valence electrons. The van der Waals surface area contributed by atoms with Gasteiger partial charge in [0.15, 0.2) is 0 Å². The highest BCUT2D eigenvalue weighted by atomic mass is 79.9. The maximum absolute atomic E-state index is 12.4. The van der Waals surface area contributed by atoms with Crippen molar-refractivity contribution in [1.82, 2.24) is 4.90 Å². The Morgan fingerprint density at radius 1 is 0.880 bits per heavy atom. The second-order valence-electron chi connectivity index (χ2n) is 5.99. The fraction of sp³-hybridized carbons (Fsp3) is 0.263. The molecular weight excluding hydrogens is 382 g/mol. The fourth-order valence-electron chi connectivity index (χ4n) is 2.82. The first kappa shape index (κ1) is 17.5. The van der Waals surface area contributed by atoms with Gasteiger partial charge in [-0.25, -0.2) is 4.79 Å². The Labute approximate surface area is 155 Å². The van der Waals surface area contributed by atoms with E-state index in [4.69, 9.17) is 0 Å². The molecule has 25 heavy (non-hydrogen) atoms. The first-order valence-electron chi connectivity index (χ1n) is 8.35. The number of benzene rings is 2. The van der Waals surface area contributed by atoms with E-state index >= 15 is 0 Å². The van der Waals surface area contributed by atoms with Crippen molar-refractivity contribution >= 4 is 39.2 Å². The summed E-state index contributed by atoms with van der Waals surface area (Å²) in [6, 6.07) is 14.1. The summed E-state index contributed by atoms with van der Waals surface area (Å²) in [4.78, 5) is 26.4. The number of hydrogen-bond acceptors (Lipinski definition) is 2. The van der Waals surface area contributed by atoms with Crippen LogP contribution in [0.4, 0.5) is 16.2 Å². The molecule has 0 bridgehead atoms. The van der Waals surface area contributed by atoms with Gasteiger partial charge in [0.1, 0.15) is 0 Å². The number of urea groups is 1. The van der Waals surface area contributed by atoms with Crippen molar-refractivity contribution in [3.63, 3.8) is 0 Å². The van der Waals surface area contributed by atoms with Gasteiger partial charge in [-0.05, 0) is 71.6 Å². The molecule has 1 aliphatic heterocycles. The zero-order valence-electron chi connectivity index (χ0n) is 13.8. The molecule has 3 rings (SSSR count). The minimum absolute atomic E-state index is 0.0592. The average Bonchev–Trinajstić information content (AvgIpc) is 2.64. The molecule has 2 N–H and O–H groups in total. The molecule has 0 aliphatic carbocycles. The summed E-state index contributed by atoms with van der Waals surface area (Å²) >= 11 is 3.39. The molecule has 0 spiro atoms. The van der Waals surface area contributed by atoms with Gasteiger partial charge in [-0.15, -0.1) is 0 Å². The van der Waals surface area contributed by atoms with Gasteiger partial charge in [-0.1, -0.05) is 12.1 Å². The van der Waals surface area contributed by atoms with Crippen LogP contribution in [0, 0.1) is 0 Å². The van der Waals surface area contributed by atoms with Crippen LogP contribution in [0.3, 0.4) is 0 Å². The zero-order valence-corrected chi connectivity index (χ0v) is 15.4. The molecule has 6 heteroatoms. The average molecular weight is 402 g/mol. The Morgan fingerprint density at radius 3 is 2.24 bits per heavy atom. The van der Waals surface area contributed by atoms with Crippen LogP contribution in [0.15, 0.2) is 53.0 Å². The number of nitrogens with zero attached hydrogens (tertiary/aromatic N) is 1. The molecule has 1 fully saturated rings. The van der Waals surface area contributed by atoms with E-state index in [-0.39, 0.29) is 11.9 Å². The van der Waals surface area contributed by atoms with Crippen LogP contribution >= 0.6 is 15.9 Å². The molecule has 5 nitrogen and oxygen atoms in total. The molecule has 0 aromatic heterocycles. The lowest BCUT2D eigenvalue weighted by molar-refractivity contribution is 0.0724. The molecule has 0 atom stereocenters. The first-order chi connectivity index (χ1) is 12.1. The van der Waals surface area contributed by atoms with E-state index in [1.54, 1.807) is 24.3 Å². The third kappa shape index (κ3) is 4.60. The number of carbonyl (C=O) groups is 2. The number of hydrogen-bond donors (Lipinski definition) is 2. The SMILES string of the molecule is O=C(Nc1ccc(C(=O)N2CCCCC2)cc1)Nc1ccccc1Br. The lowest BCUT2D eigenvalue weighted by atomic mass is 10.1. The molecule has 3 amide bonds. The number of likely N-dealkylation sites (tertiary alicyclic amines) is 1. The summed E-state index contributed by atoms with van der Waals surface area (Å²) in [6.07, 6.45) is 3.33. The van der Waals surface area contributed by atoms with Crippen LogP contribution in [-0.2, 0) is 0 Å². The van der Waals surface area contributed by atoms with Gasteiger partial charge in [-0.2, -0.15) is 0 Å². The molecule has 2 aromatic carbocycles. The number of carbonyl (C=O) groups excluding carboxylic acids is 2. The molecule has 1 saturated heterocycles. The predicted molar refractivity (Wildman–Crippen MR) is 103 cm³/mol. The van der Waals surface area contributed by atoms with Gasteiger partial charge < -0.3 is 15.5 Å². The second kappa shape index (κ2) is 8.16. The van der Waals surface area contributed by atoms with Gasteiger partial charge in [0, 0.05) is 28.8 Å². The standard InChI is InChI=1S/C19H20BrN3O2/c20-16-6-2-3-7-17(16)22-19(25)21-15-10-8-14(9-11-15)18(24)23-12-4-1-5-13-23/h2-3,6-11H,1,4-5,12-13H2,(H2,21,22,25). The topological polar surface area (TPSA) is 61.4 Å². The Hall–Kier alpha value is -2.34. The number of piperidine rings is 1. The summed E-state index contributed by atoms with van der Waals surface area (Å²) in [5.41, 5.74) is 1.98. The van der Waals surface area contributed by atoms with Crippen molar-refractivity contribution in [2.45, 2.75) is 19.3 Å². The maximum atomic E-state index is 12.4. The molecule has 0 unspecified atom stereocenters. The molecule has 2 aromatic rings. The van der Waals surface area contributed by atoms with E-state index < -0.39 is 0 Å². The maximum Gasteiger partial charge on any atom is 0.323 e. The number of rotatable bonds is 3. The van der Waals surface area contributed by atoms with Gasteiger partial charge in [0.05, 0.1) is 5.69 Å². The van der Waals surface area contributed by atoms with Gasteiger partial charge in [-0.3, -0.25) is 4.79 Å². The minimum Gasteiger partial charge on any atom is -0.339 e. The molecule has 1 aliphatic rings. The summed E-state index contributed by atoms with van der Waals surface area (Å²) in [5.74, 6) is 0.0592. The van der Waals surface area contributed by atoms with Gasteiger partial charge in [0.2, 0.25) is 0 Å². The van der Waals surface area contributed by atoms with E-state index in [1.807, 2.05) is 29.2 Å². The van der Waals surface area contributed by atoms with E-state index in [0.29, 0.717) is 16.9 Å². The van der Waals surface area contributed by atoms with Crippen molar-refractivity contribution in [2.75, 3.05) is 23.7 Å². The molecular formula is C19H20BrN3O2. The minimum atomic E-state index is -0.331. The molecule has 0 radical (unpaired) electrons. The van der Waals surface area contributed by atoms with Crippen molar-refractivity contribution in [3.05, 3.63) is 58.6 Å². The van der Waals surface area contributed by atoms with E-state index in [1.165, 1.54) is 6.42 Å². The second-order valence-corrected chi connectivity index (χ2v) is 6.84. The lowest BCUT2D eigenvalue weighted by Gasteiger charge is -2.26. The number of anilines is 2. The summed E-state index contributed by atoms with van der Waals surface area (Å²) in [6.45, 7) is 1.65. The first-order valence-corrected chi connectivity index (χ1v) is 9.15. The van der Waals surface area contributed by atoms with Crippen LogP contribution in [0.2, 0.25) is 0 Å². The molecule has 0 saturated carbocycles. The van der Waals surface area contributed by atoms with E-state index in [2.05, 4.69) is 26.6 Å². The highest BCUT2D eigenvalue weighted by Gasteiger charge is 2.18. The molecule has 1 heterocycles. The lowest BCUT2D eigenvalue weighted by Crippen LogP contribution is -2.35. The van der Waals surface area contributed by atoms with Crippen molar-refractivity contribution in [2.24, 2.45) is 0 Å². The van der Waals surface area contributed by atoms with Crippen LogP contribution in [0.25, 0.3) is 0 Å². The number of nitrogens with one attached hydrogen (secondary N) is 2. The van der Waals surface area contributed by atoms with E-state index in [0.717, 1.165) is 30.4 Å². The fourth-order valence-corrected chi connectivity index (χ4v) is 3.21. The summed E-state index contributed by atoms with van der Waals surface area (Å²) in [7, 11) is 0. The summed E-state index contributed by atoms with van der Waals surface area (Å²) < 4.78 is 0.813. The normalized spacial score (nSPS) is 14.0. The Kier molecular flexibility index (Phi) is 5.71. The van der Waals surface area contributed by atoms with Crippen molar-refractivity contribution < 1.29 is 9.59 Å². The largest absolute Gasteiger partial charge is 0.339 e. The van der Waals surface area contributed by atoms with Crippen molar-refractivity contribution in [3.8, 4) is 0 Å². The number of halogens is 1. The van der Waals surface area contributed by atoms with Gasteiger partial charge in [0.25, 0.3) is 5.91 Å². The predicted octanol–water partition coefficient (Wildman–Crippen LogP) is 4.72. The Balaban J connectivity index is 1.59. The summed E-state index contributed by atoms with van der Waals surface area (Å²) in [5, 5.41) is 5.54. The van der Waals surface area contributed by atoms with Gasteiger partial charge >= 0.3 is 6.03 Å². The van der Waals surface area contributed by atoms with Crippen LogP contribution < -0.4 is 10.6 Å². The highest BCUT2D eigenvalue weighted by molar-refractivity contribution is 9.10. The number of amides is 3. The number of para-hydroxylation sites is 1. The van der Waals surface area contributed by atoms with Crippen LogP contribution in [0.1, 0.15) is 29.6 Å². The zero-order chi connectivity index (χ0) is 17.6. The monoisotopic (exact) mass is 401 g/mol. The van der Waals surface area contributed by atoms with E-state index in [9.17, 15) is 9.59 Å². The third-order valence-electron chi connectivity index (χ3n) is 4.16. The Morgan fingerprint density at radius 2 is 1.56 bits per heavy atom. The Bertz CT molecular complexity index is 756. The quantitative estimate of drug-likeness (QED) is 0.781. The third-order valence-corrected chi connectivity index (χ3v) is 4.85. The van der Waals surface area contributed by atoms with Crippen molar-refractivity contribution in [1.29, 1.82) is 0 Å². The smallest absolute Gasteiger partial charge is 0.323 e. The van der Waals surface area contributed by atoms with Crippen LogP contribution in [0.5, 0.6) is 0 Å². The van der Waals surface area contributed by atoms with Crippen LogP contribution in [-0.4, -0.2) is 29.9 Å².